The lowest BCUT2D eigenvalue weighted by molar-refractivity contribution is -0.912. The highest BCUT2D eigenvalue weighted by molar-refractivity contribution is 5.50. The number of aldehydes is 1. The van der Waals surface area contributed by atoms with Crippen LogP contribution in [0.1, 0.15) is 26.7 Å². The van der Waals surface area contributed by atoms with Crippen LogP contribution in [0, 0.1) is 0 Å². The minimum atomic E-state index is 0.498. The quantitative estimate of drug-likeness (QED) is 0.437. The van der Waals surface area contributed by atoms with Gasteiger partial charge in [-0.15, -0.1) is 0 Å². The van der Waals surface area contributed by atoms with Crippen LogP contribution in [0.3, 0.4) is 0 Å². The van der Waals surface area contributed by atoms with Gasteiger partial charge in [-0.1, -0.05) is 6.92 Å². The van der Waals surface area contributed by atoms with Crippen molar-refractivity contribution in [3.05, 3.63) is 0 Å². The van der Waals surface area contributed by atoms with Crippen LogP contribution >= 0.6 is 0 Å². The highest BCUT2D eigenvalue weighted by Gasteiger charge is 2.23. The fourth-order valence-electron chi connectivity index (χ4n) is 1.32. The Balaban J connectivity index is 4.10. The van der Waals surface area contributed by atoms with E-state index in [1.54, 1.807) is 0 Å². The molecule has 0 aromatic carbocycles. The number of nitrogens with zero attached hydrogens (tertiary/aromatic N) is 1. The maximum absolute atomic E-state index is 10.3. The summed E-state index contributed by atoms with van der Waals surface area (Å²) in [5.74, 6) is 0. The second-order valence-electron chi connectivity index (χ2n) is 3.56. The maximum atomic E-state index is 10.3. The molecule has 0 fully saturated rings. The summed E-state index contributed by atoms with van der Waals surface area (Å²) < 4.78 is 0.954. The maximum Gasteiger partial charge on any atom is 0.125 e. The summed E-state index contributed by atoms with van der Waals surface area (Å²) in [5, 5.41) is 0. The van der Waals surface area contributed by atoms with E-state index in [4.69, 9.17) is 0 Å². The van der Waals surface area contributed by atoms with E-state index in [0.29, 0.717) is 12.5 Å². The number of carbonyl (C=O) groups is 1. The van der Waals surface area contributed by atoms with Gasteiger partial charge in [0, 0.05) is 0 Å². The molecule has 0 aromatic heterocycles. The van der Waals surface area contributed by atoms with E-state index >= 15 is 0 Å². The number of hydrogen-bond donors (Lipinski definition) is 0. The molecule has 0 amide bonds. The molecule has 0 saturated carbocycles. The third kappa shape index (κ3) is 3.02. The second-order valence-corrected chi connectivity index (χ2v) is 3.56. The van der Waals surface area contributed by atoms with Gasteiger partial charge in [0.2, 0.25) is 0 Å². The Morgan fingerprint density at radius 3 is 2.18 bits per heavy atom. The summed E-state index contributed by atoms with van der Waals surface area (Å²) >= 11 is 0. The zero-order valence-electron chi connectivity index (χ0n) is 8.13. The number of carbonyl (C=O) groups excluding carboxylic acids is 1. The molecule has 0 aliphatic heterocycles. The minimum Gasteiger partial charge on any atom is -0.326 e. The molecule has 0 rings (SSSR count). The van der Waals surface area contributed by atoms with Crippen molar-refractivity contribution in [2.75, 3.05) is 20.6 Å². The standard InChI is InChI=1S/C9H20NO/c1-5-9(7-8-11)10(3,4)6-2/h8-9H,5-7H2,1-4H3/q+1. The zero-order chi connectivity index (χ0) is 8.91. The summed E-state index contributed by atoms with van der Waals surface area (Å²) in [6.45, 7) is 5.39. The van der Waals surface area contributed by atoms with Crippen LogP contribution in [0.15, 0.2) is 0 Å². The van der Waals surface area contributed by atoms with Crippen molar-refractivity contribution >= 4 is 6.29 Å². The summed E-state index contributed by atoms with van der Waals surface area (Å²) in [4.78, 5) is 10.3. The predicted molar refractivity (Wildman–Crippen MR) is 47.4 cm³/mol. The highest BCUT2D eigenvalue weighted by Crippen LogP contribution is 2.12. The van der Waals surface area contributed by atoms with Gasteiger partial charge in [-0.25, -0.2) is 0 Å². The van der Waals surface area contributed by atoms with Gasteiger partial charge in [-0.3, -0.25) is 0 Å². The summed E-state index contributed by atoms with van der Waals surface area (Å²) in [5.41, 5.74) is 0. The molecule has 11 heavy (non-hydrogen) atoms. The van der Waals surface area contributed by atoms with E-state index < -0.39 is 0 Å². The topological polar surface area (TPSA) is 17.1 Å². The molecule has 1 unspecified atom stereocenters. The molecular formula is C9H20NO+. The molecule has 0 spiro atoms. The van der Waals surface area contributed by atoms with E-state index in [-0.39, 0.29) is 0 Å². The van der Waals surface area contributed by atoms with Crippen molar-refractivity contribution in [2.45, 2.75) is 32.7 Å². The fourth-order valence-corrected chi connectivity index (χ4v) is 1.32. The van der Waals surface area contributed by atoms with Crippen LogP contribution in [0.2, 0.25) is 0 Å². The molecule has 1 atom stereocenters. The van der Waals surface area contributed by atoms with Crippen molar-refractivity contribution in [1.29, 1.82) is 0 Å². The third-order valence-electron chi connectivity index (χ3n) is 2.64. The lowest BCUT2D eigenvalue weighted by Gasteiger charge is -2.35. The van der Waals surface area contributed by atoms with E-state index in [9.17, 15) is 4.79 Å². The number of hydrogen-bond acceptors (Lipinski definition) is 1. The first-order valence-corrected chi connectivity index (χ1v) is 4.34. The average Bonchev–Trinajstić information content (AvgIpc) is 2.00. The molecule has 0 bridgehead atoms. The van der Waals surface area contributed by atoms with Crippen molar-refractivity contribution in [3.63, 3.8) is 0 Å². The van der Waals surface area contributed by atoms with E-state index in [2.05, 4.69) is 27.9 Å². The molecular weight excluding hydrogens is 138 g/mol. The Hall–Kier alpha value is -0.370. The van der Waals surface area contributed by atoms with Gasteiger partial charge in [0.25, 0.3) is 0 Å². The summed E-state index contributed by atoms with van der Waals surface area (Å²) in [6, 6.07) is 0.498. The van der Waals surface area contributed by atoms with E-state index in [1.165, 1.54) is 0 Å². The Morgan fingerprint density at radius 1 is 1.36 bits per heavy atom. The minimum absolute atomic E-state index is 0.498. The lowest BCUT2D eigenvalue weighted by Crippen LogP contribution is -2.48. The molecule has 2 heteroatoms. The SMILES string of the molecule is CCC(CC=O)[N+](C)(C)CC. The van der Waals surface area contributed by atoms with Crippen LogP contribution in [-0.4, -0.2) is 37.5 Å². The first kappa shape index (κ1) is 10.6. The molecule has 0 aromatic rings. The largest absolute Gasteiger partial charge is 0.326 e. The summed E-state index contributed by atoms with van der Waals surface area (Å²) in [7, 11) is 4.36. The van der Waals surface area contributed by atoms with Crippen molar-refractivity contribution < 1.29 is 9.28 Å². The average molecular weight is 158 g/mol. The van der Waals surface area contributed by atoms with Crippen LogP contribution in [-0.2, 0) is 4.79 Å². The smallest absolute Gasteiger partial charge is 0.125 e. The first-order valence-electron chi connectivity index (χ1n) is 4.34. The molecule has 0 aliphatic carbocycles. The van der Waals surface area contributed by atoms with Gasteiger partial charge in [-0.2, -0.15) is 0 Å². The molecule has 66 valence electrons. The van der Waals surface area contributed by atoms with Gasteiger partial charge in [0.15, 0.2) is 0 Å². The third-order valence-corrected chi connectivity index (χ3v) is 2.64. The van der Waals surface area contributed by atoms with Crippen molar-refractivity contribution in [2.24, 2.45) is 0 Å². The molecule has 0 radical (unpaired) electrons. The highest BCUT2D eigenvalue weighted by atomic mass is 16.1. The van der Waals surface area contributed by atoms with Gasteiger partial charge in [-0.05, 0) is 13.3 Å². The van der Waals surface area contributed by atoms with Crippen molar-refractivity contribution in [3.8, 4) is 0 Å². The molecule has 0 heterocycles. The first-order chi connectivity index (χ1) is 5.08. The Morgan fingerprint density at radius 2 is 1.91 bits per heavy atom. The predicted octanol–water partition coefficient (Wildman–Crippen LogP) is 1.45. The van der Waals surface area contributed by atoms with Crippen LogP contribution in [0.25, 0.3) is 0 Å². The second kappa shape index (κ2) is 4.50. The van der Waals surface area contributed by atoms with Crippen molar-refractivity contribution in [1.82, 2.24) is 0 Å². The van der Waals surface area contributed by atoms with Gasteiger partial charge in [0.1, 0.15) is 6.29 Å². The van der Waals surface area contributed by atoms with Crippen LogP contribution < -0.4 is 0 Å². The van der Waals surface area contributed by atoms with Gasteiger partial charge >= 0.3 is 0 Å². The Bertz CT molecular complexity index is 121. The zero-order valence-corrected chi connectivity index (χ0v) is 8.13. The van der Waals surface area contributed by atoms with Gasteiger partial charge in [0.05, 0.1) is 33.1 Å². The van der Waals surface area contributed by atoms with Crippen LogP contribution in [0.4, 0.5) is 0 Å². The number of quaternary nitrogens is 1. The lowest BCUT2D eigenvalue weighted by atomic mass is 10.1. The fraction of sp³-hybridized carbons (Fsp3) is 0.889. The molecule has 0 N–H and O–H groups in total. The normalized spacial score (nSPS) is 14.5. The Kier molecular flexibility index (Phi) is 4.34. The number of rotatable bonds is 5. The Labute approximate surface area is 69.8 Å². The molecule has 2 nitrogen and oxygen atoms in total. The monoisotopic (exact) mass is 158 g/mol. The summed E-state index contributed by atoms with van der Waals surface area (Å²) in [6.07, 6.45) is 2.81. The van der Waals surface area contributed by atoms with E-state index in [1.807, 2.05) is 0 Å². The molecule has 0 saturated heterocycles. The molecule has 0 aliphatic rings. The van der Waals surface area contributed by atoms with Gasteiger partial charge < -0.3 is 9.28 Å². The van der Waals surface area contributed by atoms with Crippen LogP contribution in [0.5, 0.6) is 0 Å². The van der Waals surface area contributed by atoms with E-state index in [0.717, 1.165) is 23.7 Å².